The average molecular weight is 298 g/mol. The molecule has 1 amide bonds. The van der Waals surface area contributed by atoms with Crippen LogP contribution in [0.1, 0.15) is 45.1 Å². The monoisotopic (exact) mass is 298 g/mol. The van der Waals surface area contributed by atoms with Crippen LogP contribution in [0.5, 0.6) is 0 Å². The highest BCUT2D eigenvalue weighted by Gasteiger charge is 2.28. The van der Waals surface area contributed by atoms with Crippen molar-refractivity contribution in [3.05, 3.63) is 12.0 Å². The van der Waals surface area contributed by atoms with Crippen LogP contribution in [-0.2, 0) is 9.47 Å². The summed E-state index contributed by atoms with van der Waals surface area (Å²) in [6, 6.07) is 0.0124. The average Bonchev–Trinajstić information content (AvgIpc) is 2.81. The van der Waals surface area contributed by atoms with E-state index in [9.17, 15) is 9.59 Å². The lowest BCUT2D eigenvalue weighted by atomic mass is 10.2. The van der Waals surface area contributed by atoms with Crippen molar-refractivity contribution < 1.29 is 23.5 Å². The van der Waals surface area contributed by atoms with Crippen molar-refractivity contribution in [2.45, 2.75) is 40.2 Å². The lowest BCUT2D eigenvalue weighted by molar-refractivity contribution is 0.0563. The summed E-state index contributed by atoms with van der Waals surface area (Å²) < 4.78 is 15.1. The summed E-state index contributed by atoms with van der Waals surface area (Å²) in [5, 5.41) is 0. The summed E-state index contributed by atoms with van der Waals surface area (Å²) in [5.41, 5.74) is -0.630. The Hall–Kier alpha value is -2.05. The fourth-order valence-electron chi connectivity index (χ4n) is 1.50. The van der Waals surface area contributed by atoms with E-state index in [1.165, 1.54) is 12.0 Å². The molecule has 0 bridgehead atoms. The molecule has 0 aliphatic carbocycles. The second-order valence-corrected chi connectivity index (χ2v) is 5.99. The maximum Gasteiger partial charge on any atom is 0.418 e. The second kappa shape index (κ2) is 6.60. The van der Waals surface area contributed by atoms with E-state index in [4.69, 9.17) is 9.15 Å². The minimum atomic E-state index is -0.635. The summed E-state index contributed by atoms with van der Waals surface area (Å²) >= 11 is 0. The van der Waals surface area contributed by atoms with Crippen LogP contribution in [0.25, 0.3) is 0 Å². The Labute approximate surface area is 124 Å². The van der Waals surface area contributed by atoms with E-state index in [0.29, 0.717) is 6.54 Å². The number of aromatic nitrogens is 1. The van der Waals surface area contributed by atoms with Gasteiger partial charge in [-0.05, 0) is 26.7 Å². The minimum Gasteiger partial charge on any atom is -0.464 e. The summed E-state index contributed by atoms with van der Waals surface area (Å²) in [5.74, 6) is -0.454. The molecule has 0 aromatic carbocycles. The molecule has 1 heterocycles. The number of rotatable bonds is 4. The van der Waals surface area contributed by atoms with E-state index in [1.54, 1.807) is 20.8 Å². The molecule has 0 unspecified atom stereocenters. The molecule has 0 atom stereocenters. The third kappa shape index (κ3) is 5.09. The topological polar surface area (TPSA) is 81.9 Å². The highest BCUT2D eigenvalue weighted by Crippen LogP contribution is 2.19. The highest BCUT2D eigenvalue weighted by molar-refractivity contribution is 5.89. The summed E-state index contributed by atoms with van der Waals surface area (Å²) in [6.45, 7) is 9.56. The van der Waals surface area contributed by atoms with Crippen molar-refractivity contribution in [2.24, 2.45) is 5.92 Å². The van der Waals surface area contributed by atoms with Gasteiger partial charge in [0.15, 0.2) is 5.69 Å². The molecule has 1 aromatic heterocycles. The Morgan fingerprint density at radius 2 is 2.00 bits per heavy atom. The number of methoxy groups -OCH3 is 1. The first-order valence-corrected chi connectivity index (χ1v) is 6.68. The second-order valence-electron chi connectivity index (χ2n) is 5.99. The zero-order valence-electron chi connectivity index (χ0n) is 13.3. The molecule has 0 aliphatic heterocycles. The van der Waals surface area contributed by atoms with Crippen molar-refractivity contribution in [3.8, 4) is 0 Å². The molecule has 0 N–H and O–H groups in total. The molecular weight excluding hydrogens is 276 g/mol. The lowest BCUT2D eigenvalue weighted by Crippen LogP contribution is -2.39. The van der Waals surface area contributed by atoms with Gasteiger partial charge in [-0.25, -0.2) is 14.5 Å². The van der Waals surface area contributed by atoms with E-state index >= 15 is 0 Å². The largest absolute Gasteiger partial charge is 0.464 e. The Kier molecular flexibility index (Phi) is 5.34. The van der Waals surface area contributed by atoms with Crippen LogP contribution in [0.3, 0.4) is 0 Å². The van der Waals surface area contributed by atoms with Crippen molar-refractivity contribution >= 4 is 18.1 Å². The van der Waals surface area contributed by atoms with Gasteiger partial charge in [-0.3, -0.25) is 0 Å². The Morgan fingerprint density at radius 3 is 2.48 bits per heavy atom. The van der Waals surface area contributed by atoms with E-state index in [-0.39, 0.29) is 17.6 Å². The predicted octanol–water partition coefficient (Wildman–Crippen LogP) is 2.86. The molecule has 0 spiro atoms. The Morgan fingerprint density at radius 1 is 1.38 bits per heavy atom. The van der Waals surface area contributed by atoms with Gasteiger partial charge in [-0.15, -0.1) is 0 Å². The third-order valence-corrected chi connectivity index (χ3v) is 2.28. The Bertz CT molecular complexity index is 502. The lowest BCUT2D eigenvalue weighted by Gasteiger charge is -2.26. The first kappa shape index (κ1) is 17.0. The first-order valence-electron chi connectivity index (χ1n) is 6.68. The number of nitrogens with zero attached hydrogens (tertiary/aromatic N) is 2. The molecule has 21 heavy (non-hydrogen) atoms. The molecule has 7 nitrogen and oxygen atoms in total. The van der Waals surface area contributed by atoms with Gasteiger partial charge in [0.1, 0.15) is 11.9 Å². The molecule has 0 saturated carbocycles. The van der Waals surface area contributed by atoms with Crippen molar-refractivity contribution in [1.82, 2.24) is 4.98 Å². The minimum absolute atomic E-state index is 0.00446. The van der Waals surface area contributed by atoms with Crippen molar-refractivity contribution in [3.63, 3.8) is 0 Å². The van der Waals surface area contributed by atoms with Gasteiger partial charge in [-0.1, -0.05) is 13.8 Å². The number of hydrogen-bond acceptors (Lipinski definition) is 6. The number of anilines is 1. The fraction of sp³-hybridized carbons (Fsp3) is 0.643. The van der Waals surface area contributed by atoms with Crippen LogP contribution in [-0.4, -0.2) is 36.3 Å². The van der Waals surface area contributed by atoms with Crippen LogP contribution in [0.2, 0.25) is 0 Å². The van der Waals surface area contributed by atoms with Crippen LogP contribution < -0.4 is 4.90 Å². The van der Waals surface area contributed by atoms with Crippen molar-refractivity contribution in [1.29, 1.82) is 0 Å². The molecule has 0 radical (unpaired) electrons. The van der Waals surface area contributed by atoms with Gasteiger partial charge in [0.2, 0.25) is 0 Å². The molecule has 0 aliphatic rings. The van der Waals surface area contributed by atoms with Crippen LogP contribution in [0.15, 0.2) is 10.7 Å². The van der Waals surface area contributed by atoms with Crippen LogP contribution in [0, 0.1) is 5.92 Å². The zero-order valence-corrected chi connectivity index (χ0v) is 13.3. The zero-order chi connectivity index (χ0) is 16.2. The van der Waals surface area contributed by atoms with E-state index in [2.05, 4.69) is 9.72 Å². The van der Waals surface area contributed by atoms with Gasteiger partial charge >= 0.3 is 18.1 Å². The predicted molar refractivity (Wildman–Crippen MR) is 76.3 cm³/mol. The summed E-state index contributed by atoms with van der Waals surface area (Å²) in [7, 11) is 1.25. The number of amides is 1. The van der Waals surface area contributed by atoms with Crippen molar-refractivity contribution in [2.75, 3.05) is 18.6 Å². The summed E-state index contributed by atoms with van der Waals surface area (Å²) in [4.78, 5) is 28.9. The van der Waals surface area contributed by atoms with Gasteiger partial charge in [0.05, 0.1) is 7.11 Å². The van der Waals surface area contributed by atoms with E-state index in [0.717, 1.165) is 6.26 Å². The number of oxazole rings is 1. The number of carbonyl (C=O) groups excluding carboxylic acids is 2. The number of carbonyl (C=O) groups is 2. The molecule has 1 aromatic rings. The number of hydrogen-bond donors (Lipinski definition) is 0. The molecule has 0 fully saturated rings. The standard InChI is InChI=1S/C14H22N2O5/c1-9(2)7-16(13(18)21-14(3,4)5)12-15-10(8-20-12)11(17)19-6/h8-9H,7H2,1-6H3. The molecule has 118 valence electrons. The number of esters is 1. The van der Waals surface area contributed by atoms with Gasteiger partial charge in [0.25, 0.3) is 0 Å². The van der Waals surface area contributed by atoms with Gasteiger partial charge in [-0.2, -0.15) is 4.98 Å². The maximum atomic E-state index is 12.2. The third-order valence-electron chi connectivity index (χ3n) is 2.28. The number of ether oxygens (including phenoxy) is 2. The Balaban J connectivity index is 2.99. The highest BCUT2D eigenvalue weighted by atomic mass is 16.6. The van der Waals surface area contributed by atoms with Gasteiger partial charge in [0, 0.05) is 6.54 Å². The fourth-order valence-corrected chi connectivity index (χ4v) is 1.50. The maximum absolute atomic E-state index is 12.2. The SMILES string of the molecule is COC(=O)c1coc(N(CC(C)C)C(=O)OC(C)(C)C)n1. The van der Waals surface area contributed by atoms with Crippen LogP contribution in [0.4, 0.5) is 10.8 Å². The molecule has 1 rings (SSSR count). The van der Waals surface area contributed by atoms with E-state index < -0.39 is 17.7 Å². The normalized spacial score (nSPS) is 11.4. The molecule has 0 saturated heterocycles. The van der Waals surface area contributed by atoms with E-state index in [1.807, 2.05) is 13.8 Å². The molecule has 7 heteroatoms. The smallest absolute Gasteiger partial charge is 0.418 e. The van der Waals surface area contributed by atoms with Crippen LogP contribution >= 0.6 is 0 Å². The summed E-state index contributed by atoms with van der Waals surface area (Å²) in [6.07, 6.45) is 0.577. The molecular formula is C14H22N2O5. The van der Waals surface area contributed by atoms with Gasteiger partial charge < -0.3 is 13.9 Å². The quantitative estimate of drug-likeness (QED) is 0.795. The first-order chi connectivity index (χ1) is 9.64.